The van der Waals surface area contributed by atoms with Crippen LogP contribution in [0.3, 0.4) is 0 Å². The van der Waals surface area contributed by atoms with Crippen molar-refractivity contribution in [2.75, 3.05) is 26.0 Å². The van der Waals surface area contributed by atoms with Crippen LogP contribution in [0.1, 0.15) is 36.2 Å². The van der Waals surface area contributed by atoms with Crippen LogP contribution < -0.4 is 5.73 Å². The Morgan fingerprint density at radius 2 is 2.16 bits per heavy atom. The Morgan fingerprint density at radius 1 is 1.47 bits per heavy atom. The molecule has 4 heteroatoms. The second kappa shape index (κ2) is 7.14. The van der Waals surface area contributed by atoms with Gasteiger partial charge in [0.2, 0.25) is 0 Å². The summed E-state index contributed by atoms with van der Waals surface area (Å²) >= 11 is 0. The molecule has 19 heavy (non-hydrogen) atoms. The lowest BCUT2D eigenvalue weighted by Gasteiger charge is -2.28. The summed E-state index contributed by atoms with van der Waals surface area (Å²) in [4.78, 5) is 14.4. The average Bonchev–Trinajstić information content (AvgIpc) is 2.41. The molecular weight excluding hydrogens is 240 g/mol. The maximum absolute atomic E-state index is 12.5. The van der Waals surface area contributed by atoms with Crippen molar-refractivity contribution in [1.29, 1.82) is 0 Å². The SMILES string of the molecule is CCC(C)N(CCOC)C(=O)c1ccc(N)c(C)c1. The number of rotatable bonds is 6. The van der Waals surface area contributed by atoms with E-state index in [9.17, 15) is 4.79 Å². The zero-order chi connectivity index (χ0) is 14.4. The van der Waals surface area contributed by atoms with Gasteiger partial charge < -0.3 is 15.4 Å². The molecule has 4 nitrogen and oxygen atoms in total. The van der Waals surface area contributed by atoms with Crippen LogP contribution in [0.25, 0.3) is 0 Å². The minimum absolute atomic E-state index is 0.0366. The van der Waals surface area contributed by atoms with E-state index >= 15 is 0 Å². The highest BCUT2D eigenvalue weighted by molar-refractivity contribution is 5.95. The number of carbonyl (C=O) groups is 1. The molecule has 1 aromatic rings. The summed E-state index contributed by atoms with van der Waals surface area (Å²) < 4.78 is 5.08. The smallest absolute Gasteiger partial charge is 0.254 e. The number of nitrogens with two attached hydrogens (primary N) is 1. The molecule has 0 bridgehead atoms. The second-order valence-corrected chi connectivity index (χ2v) is 4.82. The summed E-state index contributed by atoms with van der Waals surface area (Å²) in [6.07, 6.45) is 0.920. The molecule has 1 unspecified atom stereocenters. The summed E-state index contributed by atoms with van der Waals surface area (Å²) in [5.41, 5.74) is 8.11. The minimum atomic E-state index is 0.0366. The Hall–Kier alpha value is -1.55. The third-order valence-corrected chi connectivity index (χ3v) is 3.44. The number of ether oxygens (including phenoxy) is 1. The van der Waals surface area contributed by atoms with Crippen molar-refractivity contribution in [3.8, 4) is 0 Å². The van der Waals surface area contributed by atoms with Crippen molar-refractivity contribution in [3.63, 3.8) is 0 Å². The molecular formula is C15H24N2O2. The van der Waals surface area contributed by atoms with Crippen molar-refractivity contribution < 1.29 is 9.53 Å². The Labute approximate surface area is 115 Å². The van der Waals surface area contributed by atoms with Crippen LogP contribution in [0.4, 0.5) is 5.69 Å². The molecule has 106 valence electrons. The monoisotopic (exact) mass is 264 g/mol. The number of aryl methyl sites for hydroxylation is 1. The predicted molar refractivity (Wildman–Crippen MR) is 78.3 cm³/mol. The molecule has 0 fully saturated rings. The molecule has 0 aliphatic rings. The van der Waals surface area contributed by atoms with E-state index in [0.717, 1.165) is 12.0 Å². The Balaban J connectivity index is 2.94. The number of carbonyl (C=O) groups excluding carboxylic acids is 1. The number of amides is 1. The number of anilines is 1. The lowest BCUT2D eigenvalue weighted by Crippen LogP contribution is -2.40. The molecule has 0 aliphatic heterocycles. The van der Waals surface area contributed by atoms with E-state index in [2.05, 4.69) is 13.8 Å². The molecule has 2 N–H and O–H groups in total. The summed E-state index contributed by atoms with van der Waals surface area (Å²) in [6, 6.07) is 5.61. The Kier molecular flexibility index (Phi) is 5.83. The molecule has 0 aromatic heterocycles. The van der Waals surface area contributed by atoms with E-state index in [1.54, 1.807) is 19.2 Å². The first-order valence-corrected chi connectivity index (χ1v) is 6.67. The van der Waals surface area contributed by atoms with Gasteiger partial charge in [-0.05, 0) is 44.0 Å². The van der Waals surface area contributed by atoms with E-state index < -0.39 is 0 Å². The van der Waals surface area contributed by atoms with Gasteiger partial charge in [0.05, 0.1) is 6.61 Å². The van der Waals surface area contributed by atoms with Gasteiger partial charge in [0.15, 0.2) is 0 Å². The fraction of sp³-hybridized carbons (Fsp3) is 0.533. The molecule has 0 aliphatic carbocycles. The van der Waals surface area contributed by atoms with Crippen LogP contribution in [0, 0.1) is 6.92 Å². The fourth-order valence-corrected chi connectivity index (χ4v) is 1.91. The van der Waals surface area contributed by atoms with Crippen LogP contribution >= 0.6 is 0 Å². The first-order chi connectivity index (χ1) is 9.01. The van der Waals surface area contributed by atoms with Gasteiger partial charge in [0.1, 0.15) is 0 Å². The lowest BCUT2D eigenvalue weighted by molar-refractivity contribution is 0.0614. The van der Waals surface area contributed by atoms with E-state index in [1.165, 1.54) is 0 Å². The molecule has 1 rings (SSSR count). The number of hydrogen-bond donors (Lipinski definition) is 1. The van der Waals surface area contributed by atoms with Crippen LogP contribution in [0.15, 0.2) is 18.2 Å². The Bertz CT molecular complexity index is 432. The molecule has 0 radical (unpaired) electrons. The first-order valence-electron chi connectivity index (χ1n) is 6.67. The predicted octanol–water partition coefficient (Wildman–Crippen LogP) is 2.46. The van der Waals surface area contributed by atoms with E-state index in [-0.39, 0.29) is 11.9 Å². The third kappa shape index (κ3) is 3.96. The zero-order valence-corrected chi connectivity index (χ0v) is 12.3. The van der Waals surface area contributed by atoms with E-state index in [1.807, 2.05) is 17.9 Å². The summed E-state index contributed by atoms with van der Waals surface area (Å²) in [7, 11) is 1.65. The standard InChI is InChI=1S/C15H24N2O2/c1-5-12(3)17(8-9-19-4)15(18)13-6-7-14(16)11(2)10-13/h6-7,10,12H,5,8-9,16H2,1-4H3. The summed E-state index contributed by atoms with van der Waals surface area (Å²) in [5, 5.41) is 0. The summed E-state index contributed by atoms with van der Waals surface area (Å²) in [5.74, 6) is 0.0366. The highest BCUT2D eigenvalue weighted by Gasteiger charge is 2.20. The number of nitrogens with zero attached hydrogens (tertiary/aromatic N) is 1. The van der Waals surface area contributed by atoms with Crippen molar-refractivity contribution in [3.05, 3.63) is 29.3 Å². The lowest BCUT2D eigenvalue weighted by atomic mass is 10.1. The van der Waals surface area contributed by atoms with Gasteiger partial charge in [-0.2, -0.15) is 0 Å². The summed E-state index contributed by atoms with van der Waals surface area (Å²) in [6.45, 7) is 7.19. The largest absolute Gasteiger partial charge is 0.399 e. The Morgan fingerprint density at radius 3 is 2.68 bits per heavy atom. The normalized spacial score (nSPS) is 12.2. The molecule has 0 saturated heterocycles. The molecule has 0 spiro atoms. The zero-order valence-electron chi connectivity index (χ0n) is 12.3. The minimum Gasteiger partial charge on any atom is -0.399 e. The van der Waals surface area contributed by atoms with Crippen LogP contribution in [0.2, 0.25) is 0 Å². The number of methoxy groups -OCH3 is 1. The number of hydrogen-bond acceptors (Lipinski definition) is 3. The van der Waals surface area contributed by atoms with Crippen LogP contribution in [-0.2, 0) is 4.74 Å². The average molecular weight is 264 g/mol. The van der Waals surface area contributed by atoms with E-state index in [4.69, 9.17) is 10.5 Å². The van der Waals surface area contributed by atoms with Crippen molar-refractivity contribution in [2.24, 2.45) is 0 Å². The van der Waals surface area contributed by atoms with Gasteiger partial charge in [-0.15, -0.1) is 0 Å². The molecule has 1 amide bonds. The fourth-order valence-electron chi connectivity index (χ4n) is 1.91. The number of benzene rings is 1. The molecule has 1 atom stereocenters. The van der Waals surface area contributed by atoms with Crippen molar-refractivity contribution in [1.82, 2.24) is 4.90 Å². The highest BCUT2D eigenvalue weighted by Crippen LogP contribution is 2.16. The van der Waals surface area contributed by atoms with Gasteiger partial charge >= 0.3 is 0 Å². The quantitative estimate of drug-likeness (QED) is 0.803. The van der Waals surface area contributed by atoms with Gasteiger partial charge in [-0.1, -0.05) is 6.92 Å². The van der Waals surface area contributed by atoms with Crippen molar-refractivity contribution >= 4 is 11.6 Å². The van der Waals surface area contributed by atoms with Crippen LogP contribution in [0.5, 0.6) is 0 Å². The van der Waals surface area contributed by atoms with Gasteiger partial charge in [0.25, 0.3) is 5.91 Å². The van der Waals surface area contributed by atoms with Crippen LogP contribution in [-0.4, -0.2) is 37.1 Å². The maximum atomic E-state index is 12.5. The maximum Gasteiger partial charge on any atom is 0.254 e. The number of nitrogen functional groups attached to an aromatic ring is 1. The molecule has 1 aromatic carbocycles. The van der Waals surface area contributed by atoms with Gasteiger partial charge in [-0.3, -0.25) is 4.79 Å². The van der Waals surface area contributed by atoms with Gasteiger partial charge in [0, 0.05) is 30.9 Å². The molecule has 0 saturated carbocycles. The van der Waals surface area contributed by atoms with Crippen molar-refractivity contribution in [2.45, 2.75) is 33.2 Å². The van der Waals surface area contributed by atoms with E-state index in [0.29, 0.717) is 24.4 Å². The van der Waals surface area contributed by atoms with Gasteiger partial charge in [-0.25, -0.2) is 0 Å². The highest BCUT2D eigenvalue weighted by atomic mass is 16.5. The topological polar surface area (TPSA) is 55.6 Å². The molecule has 0 heterocycles. The second-order valence-electron chi connectivity index (χ2n) is 4.82. The third-order valence-electron chi connectivity index (χ3n) is 3.44. The first kappa shape index (κ1) is 15.5.